The van der Waals surface area contributed by atoms with E-state index in [1.54, 1.807) is 11.4 Å². The average Bonchev–Trinajstić information content (AvgIpc) is 2.79. The number of benzene rings is 1. The lowest BCUT2D eigenvalue weighted by Crippen LogP contribution is -2.02. The van der Waals surface area contributed by atoms with Crippen molar-refractivity contribution < 1.29 is 19.0 Å². The van der Waals surface area contributed by atoms with Gasteiger partial charge in [0.25, 0.3) is 0 Å². The van der Waals surface area contributed by atoms with Crippen LogP contribution in [0.2, 0.25) is 0 Å². The van der Waals surface area contributed by atoms with Gasteiger partial charge < -0.3 is 9.84 Å². The molecule has 0 aliphatic rings. The number of rotatable bonds is 4. The van der Waals surface area contributed by atoms with Crippen LogP contribution in [0.5, 0.6) is 5.75 Å². The van der Waals surface area contributed by atoms with E-state index in [-0.39, 0.29) is 11.5 Å². The topological polar surface area (TPSA) is 46.5 Å². The fourth-order valence-corrected chi connectivity index (χ4v) is 2.49. The number of carboxylic acid groups (broad SMARTS) is 1. The van der Waals surface area contributed by atoms with Crippen LogP contribution in [-0.2, 0) is 6.61 Å². The molecular weight excluding hydrogens is 323 g/mol. The fourth-order valence-electron chi connectivity index (χ4n) is 1.38. The van der Waals surface area contributed by atoms with Crippen LogP contribution >= 0.6 is 27.3 Å². The smallest absolute Gasteiger partial charge is 0.346 e. The Morgan fingerprint density at radius 2 is 2.22 bits per heavy atom. The number of carboxylic acids is 1. The highest BCUT2D eigenvalue weighted by molar-refractivity contribution is 9.10. The van der Waals surface area contributed by atoms with Crippen molar-refractivity contribution in [2.75, 3.05) is 0 Å². The third-order valence-electron chi connectivity index (χ3n) is 2.22. The normalized spacial score (nSPS) is 10.3. The highest BCUT2D eigenvalue weighted by atomic mass is 79.9. The maximum Gasteiger partial charge on any atom is 0.346 e. The molecule has 3 nitrogen and oxygen atoms in total. The van der Waals surface area contributed by atoms with Gasteiger partial charge in [-0.15, -0.1) is 11.3 Å². The van der Waals surface area contributed by atoms with Crippen LogP contribution in [0.15, 0.2) is 34.1 Å². The summed E-state index contributed by atoms with van der Waals surface area (Å²) in [6.07, 6.45) is 0. The van der Waals surface area contributed by atoms with Gasteiger partial charge in [-0.25, -0.2) is 9.18 Å². The van der Waals surface area contributed by atoms with Crippen LogP contribution in [0, 0.1) is 5.82 Å². The van der Waals surface area contributed by atoms with Crippen molar-refractivity contribution in [1.29, 1.82) is 0 Å². The summed E-state index contributed by atoms with van der Waals surface area (Å²) < 4.78 is 19.1. The molecule has 1 N–H and O–H groups in total. The van der Waals surface area contributed by atoms with Crippen molar-refractivity contribution in [3.8, 4) is 5.75 Å². The largest absolute Gasteiger partial charge is 0.488 e. The Labute approximate surface area is 115 Å². The quantitative estimate of drug-likeness (QED) is 0.923. The maximum atomic E-state index is 13.0. The molecule has 6 heteroatoms. The zero-order valence-corrected chi connectivity index (χ0v) is 11.4. The molecule has 0 fully saturated rings. The van der Waals surface area contributed by atoms with Crippen LogP contribution in [0.1, 0.15) is 15.2 Å². The molecule has 0 amide bonds. The lowest BCUT2D eigenvalue weighted by atomic mass is 10.2. The molecular formula is C12H8BrFO3S. The first kappa shape index (κ1) is 13.0. The van der Waals surface area contributed by atoms with Gasteiger partial charge in [0.05, 0.1) is 4.47 Å². The Morgan fingerprint density at radius 3 is 2.94 bits per heavy atom. The molecule has 1 heterocycles. The number of hydrogen-bond donors (Lipinski definition) is 1. The summed E-state index contributed by atoms with van der Waals surface area (Å²) in [7, 11) is 0. The third kappa shape index (κ3) is 2.88. The first-order chi connectivity index (χ1) is 8.58. The van der Waals surface area contributed by atoms with Crippen LogP contribution in [-0.4, -0.2) is 11.1 Å². The molecule has 1 aromatic heterocycles. The molecule has 0 spiro atoms. The van der Waals surface area contributed by atoms with Gasteiger partial charge in [0.15, 0.2) is 0 Å². The van der Waals surface area contributed by atoms with E-state index in [0.717, 1.165) is 11.3 Å². The van der Waals surface area contributed by atoms with Gasteiger partial charge in [-0.2, -0.15) is 0 Å². The number of aromatic carboxylic acids is 1. The van der Waals surface area contributed by atoms with Gasteiger partial charge in [0, 0.05) is 11.6 Å². The van der Waals surface area contributed by atoms with E-state index in [9.17, 15) is 9.18 Å². The van der Waals surface area contributed by atoms with Crippen LogP contribution in [0.3, 0.4) is 0 Å². The van der Waals surface area contributed by atoms with Gasteiger partial charge in [-0.3, -0.25) is 0 Å². The molecule has 2 aromatic rings. The first-order valence-corrected chi connectivity index (χ1v) is 6.62. The molecule has 0 bridgehead atoms. The number of ether oxygens (including phenoxy) is 1. The van der Waals surface area contributed by atoms with Gasteiger partial charge >= 0.3 is 5.97 Å². The van der Waals surface area contributed by atoms with Crippen molar-refractivity contribution in [3.05, 3.63) is 50.4 Å². The minimum atomic E-state index is -0.984. The Morgan fingerprint density at radius 1 is 1.44 bits per heavy atom. The monoisotopic (exact) mass is 330 g/mol. The molecule has 2 rings (SSSR count). The van der Waals surface area contributed by atoms with Crippen molar-refractivity contribution in [2.24, 2.45) is 0 Å². The highest BCUT2D eigenvalue weighted by Gasteiger charge is 2.12. The standard InChI is InChI=1S/C12H8BrFO3S/c13-9-2-1-8(14)5-10(9)17-6-7-3-4-18-11(7)12(15)16/h1-5H,6H2,(H,15,16). The molecule has 94 valence electrons. The molecule has 0 aliphatic heterocycles. The summed E-state index contributed by atoms with van der Waals surface area (Å²) in [4.78, 5) is 11.1. The predicted molar refractivity (Wildman–Crippen MR) is 69.7 cm³/mol. The molecule has 0 atom stereocenters. The molecule has 0 radical (unpaired) electrons. The minimum Gasteiger partial charge on any atom is -0.488 e. The number of carbonyl (C=O) groups is 1. The van der Waals surface area contributed by atoms with Gasteiger partial charge in [0.1, 0.15) is 23.1 Å². The van der Waals surface area contributed by atoms with Crippen molar-refractivity contribution in [3.63, 3.8) is 0 Å². The Kier molecular flexibility index (Phi) is 3.98. The van der Waals surface area contributed by atoms with Crippen molar-refractivity contribution >= 4 is 33.2 Å². The summed E-state index contributed by atoms with van der Waals surface area (Å²) in [6, 6.07) is 5.78. The second-order valence-corrected chi connectivity index (χ2v) is 5.21. The zero-order chi connectivity index (χ0) is 13.1. The minimum absolute atomic E-state index is 0.0905. The van der Waals surface area contributed by atoms with Crippen LogP contribution in [0.25, 0.3) is 0 Å². The Hall–Kier alpha value is -1.40. The lowest BCUT2D eigenvalue weighted by Gasteiger charge is -2.07. The summed E-state index contributed by atoms with van der Waals surface area (Å²) >= 11 is 4.37. The molecule has 0 saturated heterocycles. The van der Waals surface area contributed by atoms with Crippen LogP contribution < -0.4 is 4.74 Å². The number of thiophene rings is 1. The Balaban J connectivity index is 2.14. The van der Waals surface area contributed by atoms with E-state index >= 15 is 0 Å². The van der Waals surface area contributed by atoms with Crippen molar-refractivity contribution in [1.82, 2.24) is 0 Å². The van der Waals surface area contributed by atoms with E-state index in [2.05, 4.69) is 15.9 Å². The lowest BCUT2D eigenvalue weighted by molar-refractivity contribution is 0.0699. The second kappa shape index (κ2) is 5.49. The third-order valence-corrected chi connectivity index (χ3v) is 3.82. The van der Waals surface area contributed by atoms with Gasteiger partial charge in [-0.1, -0.05) is 0 Å². The van der Waals surface area contributed by atoms with E-state index in [1.807, 2.05) is 0 Å². The van der Waals surface area contributed by atoms with Gasteiger partial charge in [0.2, 0.25) is 0 Å². The average molecular weight is 331 g/mol. The van der Waals surface area contributed by atoms with E-state index in [4.69, 9.17) is 9.84 Å². The van der Waals surface area contributed by atoms with Crippen LogP contribution in [0.4, 0.5) is 4.39 Å². The molecule has 0 unspecified atom stereocenters. The zero-order valence-electron chi connectivity index (χ0n) is 9.02. The molecule has 0 aliphatic carbocycles. The Bertz CT molecular complexity index is 582. The first-order valence-electron chi connectivity index (χ1n) is 4.95. The van der Waals surface area contributed by atoms with E-state index in [1.165, 1.54) is 18.2 Å². The van der Waals surface area contributed by atoms with Gasteiger partial charge in [-0.05, 0) is 39.5 Å². The predicted octanol–water partition coefficient (Wildman–Crippen LogP) is 3.93. The SMILES string of the molecule is O=C(O)c1sccc1COc1cc(F)ccc1Br. The summed E-state index contributed by atoms with van der Waals surface area (Å²) in [5.41, 5.74) is 0.573. The maximum absolute atomic E-state index is 13.0. The summed E-state index contributed by atoms with van der Waals surface area (Å²) in [5.74, 6) is -1.04. The molecule has 0 saturated carbocycles. The van der Waals surface area contributed by atoms with E-state index < -0.39 is 11.8 Å². The highest BCUT2D eigenvalue weighted by Crippen LogP contribution is 2.27. The fraction of sp³-hybridized carbons (Fsp3) is 0.0833. The molecule has 18 heavy (non-hydrogen) atoms. The second-order valence-electron chi connectivity index (χ2n) is 3.44. The summed E-state index contributed by atoms with van der Waals surface area (Å²) in [5, 5.41) is 10.6. The molecule has 1 aromatic carbocycles. The van der Waals surface area contributed by atoms with Crippen molar-refractivity contribution in [2.45, 2.75) is 6.61 Å². The summed E-state index contributed by atoms with van der Waals surface area (Å²) in [6.45, 7) is 0.0905. The number of halogens is 2. The number of hydrogen-bond acceptors (Lipinski definition) is 3. The van der Waals surface area contributed by atoms with E-state index in [0.29, 0.717) is 15.8 Å².